The molecule has 0 aromatic carbocycles. The van der Waals surface area contributed by atoms with E-state index in [1.165, 1.54) is 16.1 Å². The molecular weight excluding hydrogens is 310 g/mol. The predicted octanol–water partition coefficient (Wildman–Crippen LogP) is 3.26. The van der Waals surface area contributed by atoms with E-state index in [1.54, 1.807) is 11.3 Å². The second-order valence-electron chi connectivity index (χ2n) is 4.69. The Morgan fingerprint density at radius 3 is 2.72 bits per heavy atom. The van der Waals surface area contributed by atoms with Crippen LogP contribution >= 0.6 is 27.3 Å². The maximum atomic E-state index is 5.89. The Kier molecular flexibility index (Phi) is 4.25. The van der Waals surface area contributed by atoms with Crippen molar-refractivity contribution < 1.29 is 0 Å². The van der Waals surface area contributed by atoms with Gasteiger partial charge in [0.25, 0.3) is 0 Å². The van der Waals surface area contributed by atoms with Gasteiger partial charge < -0.3 is 5.73 Å². The molecule has 2 heterocycles. The van der Waals surface area contributed by atoms with Crippen molar-refractivity contribution in [2.45, 2.75) is 39.8 Å². The van der Waals surface area contributed by atoms with E-state index in [4.69, 9.17) is 5.73 Å². The minimum Gasteiger partial charge on any atom is -0.328 e. The SMILES string of the molecule is Cc1nn(Cc2ccc(Br)s2)c(C)c1CC(C)N. The second kappa shape index (κ2) is 5.55. The van der Waals surface area contributed by atoms with E-state index in [9.17, 15) is 0 Å². The Balaban J connectivity index is 2.24. The summed E-state index contributed by atoms with van der Waals surface area (Å²) >= 11 is 5.24. The van der Waals surface area contributed by atoms with Crippen molar-refractivity contribution in [1.82, 2.24) is 9.78 Å². The van der Waals surface area contributed by atoms with Crippen LogP contribution in [0.15, 0.2) is 15.9 Å². The van der Waals surface area contributed by atoms with Gasteiger partial charge in [-0.2, -0.15) is 5.10 Å². The fraction of sp³-hybridized carbons (Fsp3) is 0.462. The molecule has 2 aromatic heterocycles. The quantitative estimate of drug-likeness (QED) is 0.936. The van der Waals surface area contributed by atoms with Gasteiger partial charge in [0, 0.05) is 16.6 Å². The molecule has 0 saturated carbocycles. The molecule has 0 aliphatic carbocycles. The molecule has 0 aliphatic rings. The van der Waals surface area contributed by atoms with Gasteiger partial charge in [-0.3, -0.25) is 4.68 Å². The lowest BCUT2D eigenvalue weighted by Gasteiger charge is -2.06. The molecule has 0 fully saturated rings. The molecule has 2 aromatic rings. The first kappa shape index (κ1) is 13.8. The van der Waals surface area contributed by atoms with E-state index in [2.05, 4.69) is 51.7 Å². The van der Waals surface area contributed by atoms with Crippen LogP contribution < -0.4 is 5.73 Å². The summed E-state index contributed by atoms with van der Waals surface area (Å²) in [5, 5.41) is 4.62. The maximum Gasteiger partial charge on any atom is 0.0755 e. The molecule has 1 atom stereocenters. The Morgan fingerprint density at radius 2 is 2.17 bits per heavy atom. The molecule has 0 radical (unpaired) electrons. The summed E-state index contributed by atoms with van der Waals surface area (Å²) in [4.78, 5) is 1.31. The topological polar surface area (TPSA) is 43.8 Å². The number of nitrogens with zero attached hydrogens (tertiary/aromatic N) is 2. The Hall–Kier alpha value is -0.650. The lowest BCUT2D eigenvalue weighted by atomic mass is 10.1. The maximum absolute atomic E-state index is 5.89. The summed E-state index contributed by atoms with van der Waals surface area (Å²) < 4.78 is 3.24. The van der Waals surface area contributed by atoms with Crippen LogP contribution in [0.25, 0.3) is 0 Å². The van der Waals surface area contributed by atoms with E-state index in [0.29, 0.717) is 0 Å². The standard InChI is InChI=1S/C13H18BrN3S/c1-8(15)6-12-9(2)16-17(10(12)3)7-11-4-5-13(14)18-11/h4-5,8H,6-7,15H2,1-3H3. The minimum absolute atomic E-state index is 0.177. The van der Waals surface area contributed by atoms with Crippen molar-refractivity contribution >= 4 is 27.3 Å². The zero-order chi connectivity index (χ0) is 13.3. The molecule has 0 saturated heterocycles. The van der Waals surface area contributed by atoms with E-state index in [0.717, 1.165) is 22.4 Å². The first-order chi connectivity index (χ1) is 8.47. The zero-order valence-electron chi connectivity index (χ0n) is 10.9. The fourth-order valence-corrected chi connectivity index (χ4v) is 3.56. The zero-order valence-corrected chi connectivity index (χ0v) is 13.3. The van der Waals surface area contributed by atoms with Gasteiger partial charge >= 0.3 is 0 Å². The third-order valence-corrected chi connectivity index (χ3v) is 4.60. The lowest BCUT2D eigenvalue weighted by molar-refractivity contribution is 0.662. The van der Waals surface area contributed by atoms with E-state index < -0.39 is 0 Å². The third-order valence-electron chi connectivity index (χ3n) is 2.99. The average molecular weight is 328 g/mol. The monoisotopic (exact) mass is 327 g/mol. The van der Waals surface area contributed by atoms with Gasteiger partial charge in [-0.1, -0.05) is 0 Å². The molecule has 2 N–H and O–H groups in total. The normalized spacial score (nSPS) is 12.9. The molecular formula is C13H18BrN3S. The number of halogens is 1. The van der Waals surface area contributed by atoms with E-state index in [1.807, 2.05) is 6.92 Å². The van der Waals surface area contributed by atoms with Crippen molar-refractivity contribution in [3.63, 3.8) is 0 Å². The Labute approximate surface area is 120 Å². The molecule has 18 heavy (non-hydrogen) atoms. The van der Waals surface area contributed by atoms with Crippen LogP contribution in [0.1, 0.15) is 28.8 Å². The van der Waals surface area contributed by atoms with Crippen LogP contribution in [0.4, 0.5) is 0 Å². The highest BCUT2D eigenvalue weighted by molar-refractivity contribution is 9.11. The Bertz CT molecular complexity index is 542. The number of rotatable bonds is 4. The number of hydrogen-bond acceptors (Lipinski definition) is 3. The third kappa shape index (κ3) is 3.02. The molecule has 1 unspecified atom stereocenters. The number of nitrogens with two attached hydrogens (primary N) is 1. The lowest BCUT2D eigenvalue weighted by Crippen LogP contribution is -2.18. The summed E-state index contributed by atoms with van der Waals surface area (Å²) in [5.74, 6) is 0. The molecule has 3 nitrogen and oxygen atoms in total. The van der Waals surface area contributed by atoms with Crippen LogP contribution in [0.2, 0.25) is 0 Å². The highest BCUT2D eigenvalue weighted by Crippen LogP contribution is 2.24. The highest BCUT2D eigenvalue weighted by atomic mass is 79.9. The van der Waals surface area contributed by atoms with Crippen molar-refractivity contribution in [2.24, 2.45) is 5.73 Å². The van der Waals surface area contributed by atoms with Crippen LogP contribution in [0.5, 0.6) is 0 Å². The number of thiophene rings is 1. The first-order valence-corrected chi connectivity index (χ1v) is 7.61. The Morgan fingerprint density at radius 1 is 1.44 bits per heavy atom. The molecule has 5 heteroatoms. The predicted molar refractivity (Wildman–Crippen MR) is 80.2 cm³/mol. The van der Waals surface area contributed by atoms with Crippen molar-refractivity contribution in [3.05, 3.63) is 37.7 Å². The van der Waals surface area contributed by atoms with Gasteiger partial charge in [-0.05, 0) is 60.8 Å². The van der Waals surface area contributed by atoms with Gasteiger partial charge in [-0.15, -0.1) is 11.3 Å². The number of hydrogen-bond donors (Lipinski definition) is 1. The van der Waals surface area contributed by atoms with Crippen LogP contribution in [0.3, 0.4) is 0 Å². The van der Waals surface area contributed by atoms with E-state index >= 15 is 0 Å². The fourth-order valence-electron chi connectivity index (χ4n) is 2.09. The van der Waals surface area contributed by atoms with Crippen molar-refractivity contribution in [2.75, 3.05) is 0 Å². The van der Waals surface area contributed by atoms with Crippen LogP contribution in [-0.2, 0) is 13.0 Å². The molecule has 0 spiro atoms. The van der Waals surface area contributed by atoms with Gasteiger partial charge in [0.15, 0.2) is 0 Å². The smallest absolute Gasteiger partial charge is 0.0755 e. The van der Waals surface area contributed by atoms with Crippen molar-refractivity contribution in [1.29, 1.82) is 0 Å². The summed E-state index contributed by atoms with van der Waals surface area (Å²) in [6, 6.07) is 4.39. The van der Waals surface area contributed by atoms with Crippen molar-refractivity contribution in [3.8, 4) is 0 Å². The molecule has 98 valence electrons. The van der Waals surface area contributed by atoms with Gasteiger partial charge in [0.05, 0.1) is 16.0 Å². The first-order valence-electron chi connectivity index (χ1n) is 6.00. The second-order valence-corrected chi connectivity index (χ2v) is 7.24. The minimum atomic E-state index is 0.177. The van der Waals surface area contributed by atoms with Crippen LogP contribution in [-0.4, -0.2) is 15.8 Å². The van der Waals surface area contributed by atoms with Gasteiger partial charge in [-0.25, -0.2) is 0 Å². The van der Waals surface area contributed by atoms with E-state index in [-0.39, 0.29) is 6.04 Å². The summed E-state index contributed by atoms with van der Waals surface area (Å²) in [7, 11) is 0. The van der Waals surface area contributed by atoms with Crippen LogP contribution in [0, 0.1) is 13.8 Å². The molecule has 0 aliphatic heterocycles. The number of aryl methyl sites for hydroxylation is 1. The summed E-state index contributed by atoms with van der Waals surface area (Å²) in [5.41, 5.74) is 9.51. The number of aromatic nitrogens is 2. The molecule has 0 bridgehead atoms. The largest absolute Gasteiger partial charge is 0.328 e. The highest BCUT2D eigenvalue weighted by Gasteiger charge is 2.13. The molecule has 2 rings (SSSR count). The van der Waals surface area contributed by atoms with Gasteiger partial charge in [0.1, 0.15) is 0 Å². The van der Waals surface area contributed by atoms with Gasteiger partial charge in [0.2, 0.25) is 0 Å². The summed E-state index contributed by atoms with van der Waals surface area (Å²) in [6.45, 7) is 7.06. The molecule has 0 amide bonds. The average Bonchev–Trinajstić information content (AvgIpc) is 2.78. The summed E-state index contributed by atoms with van der Waals surface area (Å²) in [6.07, 6.45) is 0.895.